The van der Waals surface area contributed by atoms with Crippen LogP contribution in [0.2, 0.25) is 0 Å². The predicted octanol–water partition coefficient (Wildman–Crippen LogP) is 2.76. The first-order chi connectivity index (χ1) is 11.2. The van der Waals surface area contributed by atoms with Gasteiger partial charge in [0.2, 0.25) is 5.91 Å². The van der Waals surface area contributed by atoms with Crippen molar-refractivity contribution in [3.63, 3.8) is 0 Å². The van der Waals surface area contributed by atoms with E-state index >= 15 is 0 Å². The molecular weight excluding hydrogens is 293 g/mol. The summed E-state index contributed by atoms with van der Waals surface area (Å²) in [6.45, 7) is 2.19. The Morgan fingerprint density at radius 1 is 1.17 bits per heavy atom. The molecule has 0 aromatic heterocycles. The molecule has 0 spiro atoms. The van der Waals surface area contributed by atoms with Crippen LogP contribution in [0.15, 0.2) is 48.5 Å². The van der Waals surface area contributed by atoms with Gasteiger partial charge in [-0.2, -0.15) is 0 Å². The van der Waals surface area contributed by atoms with Crippen molar-refractivity contribution in [3.05, 3.63) is 59.9 Å². The summed E-state index contributed by atoms with van der Waals surface area (Å²) in [7, 11) is 0. The van der Waals surface area contributed by atoms with E-state index in [4.69, 9.17) is 0 Å². The molecule has 0 aliphatic carbocycles. The van der Waals surface area contributed by atoms with Crippen molar-refractivity contribution < 1.29 is 9.18 Å². The van der Waals surface area contributed by atoms with Gasteiger partial charge in [0.15, 0.2) is 0 Å². The molecule has 1 aliphatic rings. The Morgan fingerprint density at radius 2 is 1.96 bits per heavy atom. The van der Waals surface area contributed by atoms with E-state index in [1.165, 1.54) is 6.07 Å². The molecule has 0 radical (unpaired) electrons. The average molecular weight is 313 g/mol. The molecular formula is C18H20FN3O. The molecule has 3 rings (SSSR count). The largest absolute Gasteiger partial charge is 0.383 e. The lowest BCUT2D eigenvalue weighted by Crippen LogP contribution is -2.37. The fourth-order valence-electron chi connectivity index (χ4n) is 2.74. The van der Waals surface area contributed by atoms with Gasteiger partial charge in [-0.05, 0) is 24.6 Å². The molecule has 0 saturated heterocycles. The van der Waals surface area contributed by atoms with Gasteiger partial charge < -0.3 is 15.5 Å². The number of amides is 1. The topological polar surface area (TPSA) is 44.4 Å². The first kappa shape index (κ1) is 15.3. The summed E-state index contributed by atoms with van der Waals surface area (Å²) in [4.78, 5) is 14.3. The maximum Gasteiger partial charge on any atom is 0.239 e. The molecule has 120 valence electrons. The lowest BCUT2D eigenvalue weighted by atomic mass is 10.2. The quantitative estimate of drug-likeness (QED) is 0.912. The Labute approximate surface area is 135 Å². The molecule has 4 nitrogen and oxygen atoms in total. The molecule has 0 fully saturated rings. The smallest absolute Gasteiger partial charge is 0.239 e. The molecule has 1 heterocycles. The van der Waals surface area contributed by atoms with E-state index < -0.39 is 0 Å². The zero-order valence-electron chi connectivity index (χ0n) is 12.9. The van der Waals surface area contributed by atoms with Gasteiger partial charge in [0.05, 0.1) is 17.9 Å². The van der Waals surface area contributed by atoms with E-state index in [9.17, 15) is 9.18 Å². The van der Waals surface area contributed by atoms with E-state index in [-0.39, 0.29) is 24.8 Å². The van der Waals surface area contributed by atoms with Gasteiger partial charge in [0, 0.05) is 25.2 Å². The monoisotopic (exact) mass is 313 g/mol. The van der Waals surface area contributed by atoms with Crippen molar-refractivity contribution in [1.82, 2.24) is 5.32 Å². The summed E-state index contributed by atoms with van der Waals surface area (Å²) in [6, 6.07) is 14.5. The van der Waals surface area contributed by atoms with Crippen LogP contribution in [0, 0.1) is 5.82 Å². The number of rotatable bonds is 4. The van der Waals surface area contributed by atoms with Crippen molar-refractivity contribution in [1.29, 1.82) is 0 Å². The Morgan fingerprint density at radius 3 is 2.83 bits per heavy atom. The standard InChI is InChI=1S/C18H20FN3O/c19-15-7-2-1-6-14(15)12-21-18(23)13-22-11-5-10-20-16-8-3-4-9-17(16)22/h1-4,6-9,20H,5,10-13H2,(H,21,23). The molecule has 2 aromatic rings. The van der Waals surface area contributed by atoms with Crippen LogP contribution < -0.4 is 15.5 Å². The lowest BCUT2D eigenvalue weighted by molar-refractivity contribution is -0.119. The Kier molecular flexibility index (Phi) is 4.76. The number of para-hydroxylation sites is 2. The highest BCUT2D eigenvalue weighted by Gasteiger charge is 2.17. The molecule has 5 heteroatoms. The third-order valence-electron chi connectivity index (χ3n) is 3.93. The maximum atomic E-state index is 13.6. The number of carbonyl (C=O) groups excluding carboxylic acids is 1. The van der Waals surface area contributed by atoms with Gasteiger partial charge in [-0.1, -0.05) is 30.3 Å². The number of benzene rings is 2. The molecule has 1 amide bonds. The SMILES string of the molecule is O=C(CN1CCCNc2ccccc21)NCc1ccccc1F. The Bertz CT molecular complexity index is 689. The summed E-state index contributed by atoms with van der Waals surface area (Å²) in [5.74, 6) is -0.401. The van der Waals surface area contributed by atoms with Crippen LogP contribution in [0.25, 0.3) is 0 Å². The maximum absolute atomic E-state index is 13.6. The first-order valence-electron chi connectivity index (χ1n) is 7.82. The number of anilines is 2. The van der Waals surface area contributed by atoms with Gasteiger partial charge in [0.1, 0.15) is 5.82 Å². The van der Waals surface area contributed by atoms with E-state index in [1.807, 2.05) is 24.3 Å². The highest BCUT2D eigenvalue weighted by atomic mass is 19.1. The van der Waals surface area contributed by atoms with Crippen LogP contribution in [0.1, 0.15) is 12.0 Å². The Balaban J connectivity index is 1.63. The van der Waals surface area contributed by atoms with Crippen molar-refractivity contribution in [2.45, 2.75) is 13.0 Å². The van der Waals surface area contributed by atoms with Gasteiger partial charge in [-0.25, -0.2) is 4.39 Å². The molecule has 1 aliphatic heterocycles. The zero-order valence-corrected chi connectivity index (χ0v) is 12.9. The number of carbonyl (C=O) groups is 1. The van der Waals surface area contributed by atoms with Gasteiger partial charge in [-0.3, -0.25) is 4.79 Å². The second-order valence-corrected chi connectivity index (χ2v) is 5.59. The second kappa shape index (κ2) is 7.13. The number of nitrogens with zero attached hydrogens (tertiary/aromatic N) is 1. The minimum atomic E-state index is -0.294. The summed E-state index contributed by atoms with van der Waals surface area (Å²) >= 11 is 0. The minimum Gasteiger partial charge on any atom is -0.383 e. The highest BCUT2D eigenvalue weighted by molar-refractivity contribution is 5.83. The summed E-state index contributed by atoms with van der Waals surface area (Å²) in [5, 5.41) is 6.17. The van der Waals surface area contributed by atoms with E-state index in [1.54, 1.807) is 18.2 Å². The number of hydrogen-bond donors (Lipinski definition) is 2. The Hall–Kier alpha value is -2.56. The zero-order chi connectivity index (χ0) is 16.1. The van der Waals surface area contributed by atoms with Gasteiger partial charge in [-0.15, -0.1) is 0 Å². The van der Waals surface area contributed by atoms with Crippen molar-refractivity contribution in [3.8, 4) is 0 Å². The second-order valence-electron chi connectivity index (χ2n) is 5.59. The van der Waals surface area contributed by atoms with Crippen molar-refractivity contribution >= 4 is 17.3 Å². The van der Waals surface area contributed by atoms with Crippen LogP contribution >= 0.6 is 0 Å². The molecule has 0 atom stereocenters. The fraction of sp³-hybridized carbons (Fsp3) is 0.278. The van der Waals surface area contributed by atoms with E-state index in [0.29, 0.717) is 5.56 Å². The van der Waals surface area contributed by atoms with Crippen LogP contribution in [-0.4, -0.2) is 25.5 Å². The lowest BCUT2D eigenvalue weighted by Gasteiger charge is -2.23. The van der Waals surface area contributed by atoms with Crippen molar-refractivity contribution in [2.24, 2.45) is 0 Å². The third-order valence-corrected chi connectivity index (χ3v) is 3.93. The molecule has 2 N–H and O–H groups in total. The van der Waals surface area contributed by atoms with E-state index in [0.717, 1.165) is 30.9 Å². The van der Waals surface area contributed by atoms with Crippen LogP contribution in [0.5, 0.6) is 0 Å². The molecule has 2 aromatic carbocycles. The number of fused-ring (bicyclic) bond motifs is 1. The molecule has 23 heavy (non-hydrogen) atoms. The average Bonchev–Trinajstić information content (AvgIpc) is 2.77. The number of hydrogen-bond acceptors (Lipinski definition) is 3. The van der Waals surface area contributed by atoms with Crippen LogP contribution in [0.4, 0.5) is 15.8 Å². The van der Waals surface area contributed by atoms with Crippen molar-refractivity contribution in [2.75, 3.05) is 29.9 Å². The summed E-state index contributed by atoms with van der Waals surface area (Å²) in [5.41, 5.74) is 2.58. The predicted molar refractivity (Wildman–Crippen MR) is 90.0 cm³/mol. The number of halogens is 1. The minimum absolute atomic E-state index is 0.107. The van der Waals surface area contributed by atoms with Crippen LogP contribution in [0.3, 0.4) is 0 Å². The molecule has 0 bridgehead atoms. The molecule has 0 saturated carbocycles. The molecule has 0 unspecified atom stereocenters. The fourth-order valence-corrected chi connectivity index (χ4v) is 2.74. The summed E-state index contributed by atoms with van der Waals surface area (Å²) < 4.78 is 13.6. The van der Waals surface area contributed by atoms with Crippen LogP contribution in [-0.2, 0) is 11.3 Å². The number of nitrogens with one attached hydrogen (secondary N) is 2. The first-order valence-corrected chi connectivity index (χ1v) is 7.82. The third kappa shape index (κ3) is 3.80. The normalized spacial score (nSPS) is 13.7. The van der Waals surface area contributed by atoms with Gasteiger partial charge in [0.25, 0.3) is 0 Å². The highest BCUT2D eigenvalue weighted by Crippen LogP contribution is 2.27. The van der Waals surface area contributed by atoms with Gasteiger partial charge >= 0.3 is 0 Å². The van der Waals surface area contributed by atoms with E-state index in [2.05, 4.69) is 15.5 Å². The summed E-state index contributed by atoms with van der Waals surface area (Å²) in [6.07, 6.45) is 0.968.